The Bertz CT molecular complexity index is 871. The topological polar surface area (TPSA) is 107 Å². The number of benzene rings is 2. The summed E-state index contributed by atoms with van der Waals surface area (Å²) < 4.78 is 0. The first-order valence-corrected chi connectivity index (χ1v) is 10.4. The molecule has 0 radical (unpaired) electrons. The van der Waals surface area contributed by atoms with Crippen LogP contribution in [0.3, 0.4) is 0 Å². The van der Waals surface area contributed by atoms with Gasteiger partial charge < -0.3 is 15.5 Å². The summed E-state index contributed by atoms with van der Waals surface area (Å²) in [6.07, 6.45) is 1.80. The monoisotopic (exact) mass is 446 g/mol. The van der Waals surface area contributed by atoms with Crippen molar-refractivity contribution in [2.45, 2.75) is 32.4 Å². The third-order valence-corrected chi connectivity index (χ3v) is 5.52. The van der Waals surface area contributed by atoms with E-state index in [-0.39, 0.29) is 17.9 Å². The molecule has 0 spiro atoms. The minimum atomic E-state index is -1.82. The number of halogens is 1. The van der Waals surface area contributed by atoms with Gasteiger partial charge in [-0.05, 0) is 50.0 Å². The Morgan fingerprint density at radius 2 is 1.55 bits per heavy atom. The fourth-order valence-electron chi connectivity index (χ4n) is 3.38. The van der Waals surface area contributed by atoms with Crippen molar-refractivity contribution in [2.24, 2.45) is 5.92 Å². The van der Waals surface area contributed by atoms with E-state index in [4.69, 9.17) is 31.4 Å². The second kappa shape index (κ2) is 12.1. The first-order chi connectivity index (χ1) is 14.8. The lowest BCUT2D eigenvalue weighted by Crippen LogP contribution is -2.40. The summed E-state index contributed by atoms with van der Waals surface area (Å²) >= 11 is 6.25. The number of nitrogens with one attached hydrogen (secondary N) is 1. The zero-order valence-electron chi connectivity index (χ0n) is 17.3. The van der Waals surface area contributed by atoms with E-state index in [0.717, 1.165) is 48.6 Å². The molecule has 0 aliphatic carbocycles. The first-order valence-electron chi connectivity index (χ1n) is 10.0. The third kappa shape index (κ3) is 8.03. The molecule has 2 aromatic rings. The van der Waals surface area contributed by atoms with Crippen LogP contribution in [0.15, 0.2) is 54.6 Å². The molecule has 0 saturated carbocycles. The average molecular weight is 447 g/mol. The minimum Gasteiger partial charge on any atom is -0.473 e. The van der Waals surface area contributed by atoms with Crippen LogP contribution in [-0.4, -0.2) is 46.0 Å². The molecule has 0 aromatic heterocycles. The number of aliphatic carboxylic acids is 2. The highest BCUT2D eigenvalue weighted by molar-refractivity contribution is 6.31. The van der Waals surface area contributed by atoms with Crippen molar-refractivity contribution in [3.63, 3.8) is 0 Å². The van der Waals surface area contributed by atoms with Crippen LogP contribution in [0, 0.1) is 5.92 Å². The first kappa shape index (κ1) is 24.4. The van der Waals surface area contributed by atoms with Crippen molar-refractivity contribution in [1.82, 2.24) is 10.2 Å². The molecule has 1 atom stereocenters. The molecule has 1 unspecified atom stereocenters. The molecule has 166 valence electrons. The fraction of sp³-hybridized carbons (Fsp3) is 0.348. The molecule has 8 heteroatoms. The smallest absolute Gasteiger partial charge is 0.414 e. The lowest BCUT2D eigenvalue weighted by molar-refractivity contribution is -0.159. The molecule has 3 N–H and O–H groups in total. The van der Waals surface area contributed by atoms with Gasteiger partial charge in [-0.3, -0.25) is 9.69 Å². The van der Waals surface area contributed by atoms with Gasteiger partial charge in [-0.25, -0.2) is 9.59 Å². The van der Waals surface area contributed by atoms with E-state index in [1.54, 1.807) is 0 Å². The molecule has 7 nitrogen and oxygen atoms in total. The SMILES string of the molecule is CC(NC(=O)C1CCN(Cc2ccccc2Cl)CC1)c1ccccc1.O=C(O)C(=O)O. The Morgan fingerprint density at radius 3 is 2.10 bits per heavy atom. The van der Waals surface area contributed by atoms with Crippen LogP contribution in [-0.2, 0) is 20.9 Å². The number of carboxylic acids is 2. The predicted octanol–water partition coefficient (Wildman–Crippen LogP) is 3.59. The molecule has 1 aliphatic rings. The van der Waals surface area contributed by atoms with Gasteiger partial charge in [-0.15, -0.1) is 0 Å². The molecular weight excluding hydrogens is 420 g/mol. The zero-order valence-corrected chi connectivity index (χ0v) is 18.1. The van der Waals surface area contributed by atoms with Gasteiger partial charge in [-0.1, -0.05) is 60.1 Å². The predicted molar refractivity (Wildman–Crippen MR) is 118 cm³/mol. The molecule has 3 rings (SSSR count). The van der Waals surface area contributed by atoms with Gasteiger partial charge in [0, 0.05) is 17.5 Å². The Labute approximate surface area is 186 Å². The van der Waals surface area contributed by atoms with Gasteiger partial charge in [0.15, 0.2) is 0 Å². The summed E-state index contributed by atoms with van der Waals surface area (Å²) in [5.74, 6) is -3.37. The Balaban J connectivity index is 0.000000501. The lowest BCUT2D eigenvalue weighted by Gasteiger charge is -2.32. The summed E-state index contributed by atoms with van der Waals surface area (Å²) in [6, 6.07) is 18.1. The summed E-state index contributed by atoms with van der Waals surface area (Å²) in [4.78, 5) is 33.1. The Morgan fingerprint density at radius 1 is 1.00 bits per heavy atom. The standard InChI is InChI=1S/C21H25ClN2O.C2H2O4/c1-16(17-7-3-2-4-8-17)23-21(25)18-11-13-24(14-12-18)15-19-9-5-6-10-20(19)22;3-1(4)2(5)6/h2-10,16,18H,11-15H2,1H3,(H,23,25);(H,3,4)(H,5,6). The van der Waals surface area contributed by atoms with E-state index in [1.165, 1.54) is 0 Å². The molecule has 0 bridgehead atoms. The van der Waals surface area contributed by atoms with Gasteiger partial charge in [0.2, 0.25) is 5.91 Å². The van der Waals surface area contributed by atoms with Gasteiger partial charge in [0.1, 0.15) is 0 Å². The van der Waals surface area contributed by atoms with Gasteiger partial charge in [0.05, 0.1) is 6.04 Å². The summed E-state index contributed by atoms with van der Waals surface area (Å²) in [5, 5.41) is 18.8. The second-order valence-corrected chi connectivity index (χ2v) is 7.80. The Kier molecular flexibility index (Phi) is 9.49. The van der Waals surface area contributed by atoms with Gasteiger partial charge >= 0.3 is 11.9 Å². The number of likely N-dealkylation sites (tertiary alicyclic amines) is 1. The highest BCUT2D eigenvalue weighted by Crippen LogP contribution is 2.23. The maximum atomic E-state index is 12.6. The van der Waals surface area contributed by atoms with E-state index >= 15 is 0 Å². The maximum absolute atomic E-state index is 12.6. The number of hydrogen-bond donors (Lipinski definition) is 3. The minimum absolute atomic E-state index is 0.0508. The van der Waals surface area contributed by atoms with Gasteiger partial charge in [-0.2, -0.15) is 0 Å². The van der Waals surface area contributed by atoms with Crippen LogP contribution < -0.4 is 5.32 Å². The van der Waals surface area contributed by atoms with Crippen molar-refractivity contribution < 1.29 is 24.6 Å². The maximum Gasteiger partial charge on any atom is 0.414 e. The van der Waals surface area contributed by atoms with Crippen LogP contribution >= 0.6 is 11.6 Å². The molecule has 1 amide bonds. The second-order valence-electron chi connectivity index (χ2n) is 7.39. The van der Waals surface area contributed by atoms with E-state index in [1.807, 2.05) is 43.3 Å². The van der Waals surface area contributed by atoms with Crippen LogP contribution in [0.25, 0.3) is 0 Å². The van der Waals surface area contributed by atoms with E-state index in [2.05, 4.69) is 28.4 Å². The largest absolute Gasteiger partial charge is 0.473 e. The number of carboxylic acid groups (broad SMARTS) is 2. The third-order valence-electron chi connectivity index (χ3n) is 5.15. The molecule has 2 aromatic carbocycles. The van der Waals surface area contributed by atoms with Gasteiger partial charge in [0.25, 0.3) is 0 Å². The number of nitrogens with zero attached hydrogens (tertiary/aromatic N) is 1. The van der Waals surface area contributed by atoms with E-state index < -0.39 is 11.9 Å². The zero-order chi connectivity index (χ0) is 22.8. The van der Waals surface area contributed by atoms with Crippen molar-refractivity contribution in [3.05, 3.63) is 70.7 Å². The number of carbonyl (C=O) groups is 3. The normalized spacial score (nSPS) is 15.3. The molecule has 31 heavy (non-hydrogen) atoms. The fourth-order valence-corrected chi connectivity index (χ4v) is 3.57. The molecule has 1 fully saturated rings. The number of rotatable bonds is 5. The van der Waals surface area contributed by atoms with Crippen molar-refractivity contribution in [1.29, 1.82) is 0 Å². The number of carbonyl (C=O) groups excluding carboxylic acids is 1. The van der Waals surface area contributed by atoms with Crippen molar-refractivity contribution >= 4 is 29.4 Å². The summed E-state index contributed by atoms with van der Waals surface area (Å²) in [6.45, 7) is 4.76. The average Bonchev–Trinajstić information content (AvgIpc) is 2.76. The number of piperidine rings is 1. The van der Waals surface area contributed by atoms with Crippen LogP contribution in [0.1, 0.15) is 36.9 Å². The van der Waals surface area contributed by atoms with Crippen LogP contribution in [0.4, 0.5) is 0 Å². The van der Waals surface area contributed by atoms with Crippen molar-refractivity contribution in [3.8, 4) is 0 Å². The van der Waals surface area contributed by atoms with Crippen molar-refractivity contribution in [2.75, 3.05) is 13.1 Å². The highest BCUT2D eigenvalue weighted by atomic mass is 35.5. The lowest BCUT2D eigenvalue weighted by atomic mass is 9.95. The van der Waals surface area contributed by atoms with Crippen LogP contribution in [0.5, 0.6) is 0 Å². The molecular formula is C23H27ClN2O5. The highest BCUT2D eigenvalue weighted by Gasteiger charge is 2.26. The number of hydrogen-bond acceptors (Lipinski definition) is 4. The number of amides is 1. The quantitative estimate of drug-likeness (QED) is 0.606. The summed E-state index contributed by atoms with van der Waals surface area (Å²) in [7, 11) is 0. The molecule has 1 aliphatic heterocycles. The molecule has 1 saturated heterocycles. The van der Waals surface area contributed by atoms with E-state index in [9.17, 15) is 4.79 Å². The Hall–Kier alpha value is -2.90. The molecule has 1 heterocycles. The summed E-state index contributed by atoms with van der Waals surface area (Å²) in [5.41, 5.74) is 2.30. The van der Waals surface area contributed by atoms with E-state index in [0.29, 0.717) is 0 Å². The van der Waals surface area contributed by atoms with Crippen LogP contribution in [0.2, 0.25) is 5.02 Å².